The summed E-state index contributed by atoms with van der Waals surface area (Å²) in [5.41, 5.74) is 8.94. The van der Waals surface area contributed by atoms with Crippen molar-refractivity contribution in [3.05, 3.63) is 208 Å². The summed E-state index contributed by atoms with van der Waals surface area (Å²) in [6.45, 7) is 1.72. The lowest BCUT2D eigenvalue weighted by molar-refractivity contribution is 0.280. The number of nitrogens with zero attached hydrogens (tertiary/aromatic N) is 4. The van der Waals surface area contributed by atoms with Gasteiger partial charge in [-0.1, -0.05) is 121 Å². The molecule has 2 unspecified atom stereocenters. The molecule has 0 aromatic heterocycles. The van der Waals surface area contributed by atoms with Crippen LogP contribution in [0.15, 0.2) is 191 Å². The third-order valence-corrected chi connectivity index (χ3v) is 17.9. The van der Waals surface area contributed by atoms with Crippen molar-refractivity contribution >= 4 is 60.0 Å². The van der Waals surface area contributed by atoms with E-state index in [1.807, 2.05) is 115 Å². The van der Waals surface area contributed by atoms with E-state index in [0.717, 1.165) is 91.7 Å². The van der Waals surface area contributed by atoms with Crippen LogP contribution in [0.3, 0.4) is 0 Å². The number of para-hydroxylation sites is 2. The van der Waals surface area contributed by atoms with E-state index in [4.69, 9.17) is 13.8 Å². The molecule has 3 aliphatic carbocycles. The van der Waals surface area contributed by atoms with Crippen LogP contribution in [0.25, 0.3) is 11.1 Å². The van der Waals surface area contributed by atoms with Crippen LogP contribution in [0.4, 0.5) is 11.4 Å². The zero-order valence-electron chi connectivity index (χ0n) is 38.0. The molecule has 69 heavy (non-hydrogen) atoms. The molecular weight excluding hydrogens is 903 g/mol. The van der Waals surface area contributed by atoms with Crippen LogP contribution in [0, 0.1) is 0 Å². The van der Waals surface area contributed by atoms with Crippen molar-refractivity contribution in [3.8, 4) is 5.75 Å². The second kappa shape index (κ2) is 20.4. The maximum Gasteiger partial charge on any atom is 0.291 e. The number of hydrogen-bond acceptors (Lipinski definition) is 11. The Kier molecular flexibility index (Phi) is 13.5. The largest absolute Gasteiger partial charge is 0.462 e. The van der Waals surface area contributed by atoms with Gasteiger partial charge < -0.3 is 13.8 Å². The molecule has 5 aromatic carbocycles. The van der Waals surface area contributed by atoms with Crippen LogP contribution >= 0.6 is 14.7 Å². The molecule has 13 heteroatoms. The molecule has 0 radical (unpaired) electrons. The first-order valence-corrected chi connectivity index (χ1v) is 26.8. The fourth-order valence-corrected chi connectivity index (χ4v) is 14.8. The maximum atomic E-state index is 15.1. The van der Waals surface area contributed by atoms with E-state index >= 15 is 9.13 Å². The molecule has 0 saturated carbocycles. The average molecular weight is 953 g/mol. The van der Waals surface area contributed by atoms with Crippen LogP contribution in [-0.4, -0.2) is 41.1 Å². The van der Waals surface area contributed by atoms with Gasteiger partial charge >= 0.3 is 0 Å². The van der Waals surface area contributed by atoms with Crippen molar-refractivity contribution in [2.24, 2.45) is 9.98 Å². The summed E-state index contributed by atoms with van der Waals surface area (Å²) >= 11 is 0. The minimum Gasteiger partial charge on any atom is -0.462 e. The average Bonchev–Trinajstić information content (AvgIpc) is 3.36. The predicted octanol–water partition coefficient (Wildman–Crippen LogP) is 12.4. The lowest BCUT2D eigenvalue weighted by Gasteiger charge is -2.35. The van der Waals surface area contributed by atoms with Crippen molar-refractivity contribution < 1.29 is 32.5 Å². The van der Waals surface area contributed by atoms with Gasteiger partial charge in [-0.05, 0) is 89.6 Å². The van der Waals surface area contributed by atoms with Crippen molar-refractivity contribution in [2.45, 2.75) is 58.2 Å². The van der Waals surface area contributed by atoms with E-state index < -0.39 is 14.7 Å². The zero-order valence-corrected chi connectivity index (χ0v) is 39.8. The van der Waals surface area contributed by atoms with Gasteiger partial charge in [0.1, 0.15) is 23.0 Å². The summed E-state index contributed by atoms with van der Waals surface area (Å²) in [5.74, 6) is 3.04. The van der Waals surface area contributed by atoms with Gasteiger partial charge in [-0.2, -0.15) is 9.98 Å². The number of fused-ring (bicyclic) bond motifs is 4. The number of rotatable bonds is 16. The summed E-state index contributed by atoms with van der Waals surface area (Å²) in [4.78, 5) is 35.0. The molecule has 10 rings (SSSR count). The van der Waals surface area contributed by atoms with E-state index in [-0.39, 0.29) is 12.6 Å². The second-order valence-corrected chi connectivity index (χ2v) is 22.3. The fourth-order valence-electron chi connectivity index (χ4n) is 9.84. The van der Waals surface area contributed by atoms with E-state index in [1.165, 1.54) is 0 Å². The quantitative estimate of drug-likeness (QED) is 0.0411. The Labute approximate surface area is 402 Å². The number of ether oxygens (including phenoxy) is 1. The summed E-state index contributed by atoms with van der Waals surface area (Å²) in [5, 5.41) is 1.46. The van der Waals surface area contributed by atoms with Crippen LogP contribution < -0.4 is 15.3 Å². The molecule has 0 spiro atoms. The third kappa shape index (κ3) is 10.1. The van der Waals surface area contributed by atoms with Gasteiger partial charge in [0.2, 0.25) is 12.2 Å². The molecule has 346 valence electrons. The Morgan fingerprint density at radius 2 is 1.03 bits per heavy atom. The minimum absolute atomic E-state index is 0.147. The lowest BCUT2D eigenvalue weighted by atomic mass is 9.96. The Morgan fingerprint density at radius 1 is 0.536 bits per heavy atom. The highest BCUT2D eigenvalue weighted by molar-refractivity contribution is 7.67. The second-order valence-electron chi connectivity index (χ2n) is 17.8. The van der Waals surface area contributed by atoms with Crippen LogP contribution in [0.5, 0.6) is 5.75 Å². The topological polar surface area (TPSA) is 127 Å². The Bertz CT molecular complexity index is 3210. The van der Waals surface area contributed by atoms with Gasteiger partial charge in [0.05, 0.1) is 34.6 Å². The highest BCUT2D eigenvalue weighted by atomic mass is 31.2. The highest BCUT2D eigenvalue weighted by Crippen LogP contribution is 2.57. The number of benzene rings is 5. The molecule has 11 nitrogen and oxygen atoms in total. The summed E-state index contributed by atoms with van der Waals surface area (Å²) in [6, 6.07) is 38.6. The standard InChI is InChI=1S/C56H50N4O7P2/c61-37-57-51-19-7-1-13-43(51)35-59(39-68(63)55-23-11-5-17-49(55)47-15-3-9-21-53(47)66-68)33-41-25-29-45(30-26-41)65-46-31-27-42(28-32-46)34-60(36-44-14-2-8-20-52(44)58-38-62)40-69(64)56-24-12-6-18-50(56)48-16-4-10-22-54(48)67-69/h1-14,17-20,23-27,29-31H,15-16,21-22,28,32-36,39-40H2. The SMILES string of the molecule is O=C=Nc1ccccc1CN(CC1=CC=C(Oc2ccc(CN(Cc3ccccc3N=C=O)CP3(=O)OC4=C(CC=CC4)c4ccccc43)cc2)CC1)CP1(=O)OC2=C(CC=CC2)c2ccccc21. The predicted molar refractivity (Wildman–Crippen MR) is 270 cm³/mol. The third-order valence-electron chi connectivity index (χ3n) is 13.0. The van der Waals surface area contributed by atoms with Gasteiger partial charge in [0.15, 0.2) is 0 Å². The van der Waals surface area contributed by atoms with Gasteiger partial charge in [-0.3, -0.25) is 18.9 Å². The molecule has 2 heterocycles. The first-order valence-electron chi connectivity index (χ1n) is 23.2. The van der Waals surface area contributed by atoms with Crippen LogP contribution in [-0.2, 0) is 47.4 Å². The number of hydrogen-bond donors (Lipinski definition) is 0. The molecule has 0 saturated heterocycles. The van der Waals surface area contributed by atoms with Gasteiger partial charge in [0.25, 0.3) is 14.7 Å². The Morgan fingerprint density at radius 3 is 1.55 bits per heavy atom. The molecule has 0 amide bonds. The molecule has 2 aliphatic heterocycles. The number of carbonyl (C=O) groups excluding carboxylic acids is 2. The van der Waals surface area contributed by atoms with Crippen LogP contribution in [0.1, 0.15) is 66.3 Å². The van der Waals surface area contributed by atoms with E-state index in [9.17, 15) is 9.59 Å². The molecule has 0 fully saturated rings. The van der Waals surface area contributed by atoms with Gasteiger partial charge in [-0.15, -0.1) is 0 Å². The Balaban J connectivity index is 0.861. The van der Waals surface area contributed by atoms with Crippen molar-refractivity contribution in [2.75, 3.05) is 19.1 Å². The Hall–Kier alpha value is -6.92. The maximum absolute atomic E-state index is 15.1. The molecule has 0 bridgehead atoms. The first kappa shape index (κ1) is 45.8. The monoisotopic (exact) mass is 952 g/mol. The minimum atomic E-state index is -3.41. The zero-order chi connectivity index (χ0) is 47.2. The van der Waals surface area contributed by atoms with Crippen molar-refractivity contribution in [1.82, 2.24) is 9.80 Å². The van der Waals surface area contributed by atoms with E-state index in [2.05, 4.69) is 50.2 Å². The number of aliphatic imine (C=N–C) groups is 2. The van der Waals surface area contributed by atoms with Gasteiger partial charge in [-0.25, -0.2) is 9.59 Å². The smallest absolute Gasteiger partial charge is 0.291 e. The lowest BCUT2D eigenvalue weighted by Crippen LogP contribution is -2.32. The number of allylic oxidation sites excluding steroid dienone is 9. The molecule has 5 aliphatic rings. The summed E-state index contributed by atoms with van der Waals surface area (Å²) in [7, 11) is -6.81. The molecule has 5 aromatic rings. The molecular formula is C56H50N4O7P2. The number of isocyanates is 2. The first-order chi connectivity index (χ1) is 33.8. The normalized spacial score (nSPS) is 20.0. The summed E-state index contributed by atoms with van der Waals surface area (Å²) in [6.07, 6.45) is 20.2. The summed E-state index contributed by atoms with van der Waals surface area (Å²) < 4.78 is 49.7. The molecule has 2 atom stereocenters. The molecule has 0 N–H and O–H groups in total. The van der Waals surface area contributed by atoms with Crippen molar-refractivity contribution in [3.63, 3.8) is 0 Å². The van der Waals surface area contributed by atoms with Gasteiger partial charge in [0, 0.05) is 56.6 Å². The fraction of sp³-hybridized carbons (Fsp3) is 0.214. The highest BCUT2D eigenvalue weighted by Gasteiger charge is 2.40. The van der Waals surface area contributed by atoms with E-state index in [0.29, 0.717) is 62.6 Å². The van der Waals surface area contributed by atoms with Crippen molar-refractivity contribution in [1.29, 1.82) is 0 Å². The van der Waals surface area contributed by atoms with Crippen LogP contribution in [0.2, 0.25) is 0 Å². The van der Waals surface area contributed by atoms with E-state index in [1.54, 1.807) is 24.3 Å².